The van der Waals surface area contributed by atoms with Gasteiger partial charge in [0, 0.05) is 24.6 Å². The normalized spacial score (nSPS) is 15.7. The number of benzene rings is 1. The number of nitrogens with zero attached hydrogens (tertiary/aromatic N) is 3. The highest BCUT2D eigenvalue weighted by molar-refractivity contribution is 5.69. The molecule has 0 bridgehead atoms. The number of hydrogen-bond donors (Lipinski definition) is 0. The fourth-order valence-corrected chi connectivity index (χ4v) is 2.53. The summed E-state index contributed by atoms with van der Waals surface area (Å²) in [5.74, 6) is -1.33. The number of carbonyl (C=O) groups excluding carboxylic acids is 1. The molecule has 0 radical (unpaired) electrons. The Morgan fingerprint density at radius 3 is 2.31 bits per heavy atom. The van der Waals surface area contributed by atoms with Crippen molar-refractivity contribution in [3.8, 4) is 11.4 Å². The smallest absolute Gasteiger partial charge is 0.444 e. The predicted molar refractivity (Wildman–Crippen MR) is 85.3 cm³/mol. The Kier molecular flexibility index (Phi) is 4.41. The summed E-state index contributed by atoms with van der Waals surface area (Å²) in [7, 11) is 0. The Morgan fingerprint density at radius 1 is 1.19 bits per heavy atom. The number of amides is 1. The van der Waals surface area contributed by atoms with Gasteiger partial charge in [0.15, 0.2) is 0 Å². The van der Waals surface area contributed by atoms with E-state index in [1.807, 2.05) is 20.8 Å². The number of carbonyl (C=O) groups is 1. The summed E-state index contributed by atoms with van der Waals surface area (Å²) in [5.41, 5.74) is 0.869. The Labute approximate surface area is 147 Å². The quantitative estimate of drug-likeness (QED) is 0.798. The first kappa shape index (κ1) is 18.2. The largest absolute Gasteiger partial charge is 0.471 e. The molecule has 0 spiro atoms. The lowest BCUT2D eigenvalue weighted by Gasteiger charge is -2.40. The van der Waals surface area contributed by atoms with Gasteiger partial charge in [-0.1, -0.05) is 29.4 Å². The SMILES string of the molecule is CC(C)(C)OC(=O)N1CC(c2ccc(-c3noc(C(F)(F)F)n3)cc2)C1. The summed E-state index contributed by atoms with van der Waals surface area (Å²) in [6.45, 7) is 6.50. The van der Waals surface area contributed by atoms with Crippen LogP contribution in [0.3, 0.4) is 0 Å². The third-order valence-corrected chi connectivity index (χ3v) is 3.84. The van der Waals surface area contributed by atoms with Gasteiger partial charge in [0.1, 0.15) is 5.60 Å². The summed E-state index contributed by atoms with van der Waals surface area (Å²) in [6.07, 6.45) is -5.01. The average molecular weight is 369 g/mol. The van der Waals surface area contributed by atoms with Crippen LogP contribution < -0.4 is 0 Å². The minimum Gasteiger partial charge on any atom is -0.444 e. The topological polar surface area (TPSA) is 68.5 Å². The Bertz CT molecular complexity index is 788. The number of ether oxygens (including phenoxy) is 1. The Hall–Kier alpha value is -2.58. The highest BCUT2D eigenvalue weighted by Crippen LogP contribution is 2.31. The van der Waals surface area contributed by atoms with Crippen molar-refractivity contribution in [1.82, 2.24) is 15.0 Å². The van der Waals surface area contributed by atoms with Crippen molar-refractivity contribution in [2.24, 2.45) is 0 Å². The predicted octanol–water partition coefficient (Wildman–Crippen LogP) is 4.09. The zero-order chi connectivity index (χ0) is 19.1. The zero-order valence-electron chi connectivity index (χ0n) is 14.5. The van der Waals surface area contributed by atoms with E-state index in [2.05, 4.69) is 14.7 Å². The minimum atomic E-state index is -4.66. The standard InChI is InChI=1S/C17H18F3N3O3/c1-16(2,3)25-15(24)23-8-12(9-23)10-4-6-11(7-5-10)13-21-14(26-22-13)17(18,19)20/h4-7,12H,8-9H2,1-3H3. The lowest BCUT2D eigenvalue weighted by Crippen LogP contribution is -2.50. The molecule has 1 saturated heterocycles. The summed E-state index contributed by atoms with van der Waals surface area (Å²) in [4.78, 5) is 16.9. The van der Waals surface area contributed by atoms with Crippen molar-refractivity contribution in [1.29, 1.82) is 0 Å². The summed E-state index contributed by atoms with van der Waals surface area (Å²) < 4.78 is 47.0. The van der Waals surface area contributed by atoms with Gasteiger partial charge in [0.2, 0.25) is 5.82 Å². The van der Waals surface area contributed by atoms with E-state index in [-0.39, 0.29) is 17.8 Å². The van der Waals surface area contributed by atoms with Crippen LogP contribution in [0.15, 0.2) is 28.8 Å². The Balaban J connectivity index is 1.61. The van der Waals surface area contributed by atoms with E-state index in [0.717, 1.165) is 5.56 Å². The van der Waals surface area contributed by atoms with Gasteiger partial charge in [-0.2, -0.15) is 18.2 Å². The highest BCUT2D eigenvalue weighted by Gasteiger charge is 2.38. The van der Waals surface area contributed by atoms with Gasteiger partial charge in [0.25, 0.3) is 0 Å². The van der Waals surface area contributed by atoms with Crippen molar-refractivity contribution < 1.29 is 27.2 Å². The molecule has 1 fully saturated rings. The molecular weight excluding hydrogens is 351 g/mol. The van der Waals surface area contributed by atoms with Gasteiger partial charge in [0.05, 0.1) is 0 Å². The van der Waals surface area contributed by atoms with Crippen molar-refractivity contribution in [2.75, 3.05) is 13.1 Å². The zero-order valence-corrected chi connectivity index (χ0v) is 14.5. The van der Waals surface area contributed by atoms with Crippen molar-refractivity contribution >= 4 is 6.09 Å². The molecule has 140 valence electrons. The minimum absolute atomic E-state index is 0.118. The van der Waals surface area contributed by atoms with Gasteiger partial charge < -0.3 is 14.2 Å². The molecule has 0 atom stereocenters. The molecule has 1 aliphatic heterocycles. The van der Waals surface area contributed by atoms with Crippen LogP contribution in [0.2, 0.25) is 0 Å². The maximum Gasteiger partial charge on any atom is 0.471 e. The van der Waals surface area contributed by atoms with Crippen molar-refractivity contribution in [2.45, 2.75) is 38.5 Å². The lowest BCUT2D eigenvalue weighted by molar-refractivity contribution is -0.159. The van der Waals surface area contributed by atoms with Crippen LogP contribution in [-0.4, -0.2) is 39.8 Å². The number of rotatable bonds is 2. The molecule has 0 N–H and O–H groups in total. The summed E-state index contributed by atoms with van der Waals surface area (Å²) >= 11 is 0. The first-order valence-corrected chi connectivity index (χ1v) is 8.02. The molecule has 1 aromatic carbocycles. The van der Waals surface area contributed by atoms with E-state index >= 15 is 0 Å². The first-order valence-electron chi connectivity index (χ1n) is 8.02. The van der Waals surface area contributed by atoms with Crippen LogP contribution in [0.4, 0.5) is 18.0 Å². The molecule has 1 aliphatic rings. The molecule has 0 saturated carbocycles. The van der Waals surface area contributed by atoms with E-state index in [1.54, 1.807) is 29.2 Å². The fraction of sp³-hybridized carbons (Fsp3) is 0.471. The van der Waals surface area contributed by atoms with Crippen LogP contribution in [0.1, 0.15) is 38.1 Å². The van der Waals surface area contributed by atoms with Crippen LogP contribution in [-0.2, 0) is 10.9 Å². The van der Waals surface area contributed by atoms with E-state index in [0.29, 0.717) is 18.7 Å². The number of alkyl halides is 3. The second-order valence-corrected chi connectivity index (χ2v) is 7.13. The molecule has 3 rings (SSSR count). The second-order valence-electron chi connectivity index (χ2n) is 7.13. The van der Waals surface area contributed by atoms with Crippen LogP contribution in [0.25, 0.3) is 11.4 Å². The first-order chi connectivity index (χ1) is 12.0. The summed E-state index contributed by atoms with van der Waals surface area (Å²) in [6, 6.07) is 6.85. The van der Waals surface area contributed by atoms with E-state index in [4.69, 9.17) is 4.74 Å². The third-order valence-electron chi connectivity index (χ3n) is 3.84. The van der Waals surface area contributed by atoms with Crippen molar-refractivity contribution in [3.63, 3.8) is 0 Å². The van der Waals surface area contributed by atoms with E-state index in [9.17, 15) is 18.0 Å². The fourth-order valence-electron chi connectivity index (χ4n) is 2.53. The average Bonchev–Trinajstić information content (AvgIpc) is 2.94. The van der Waals surface area contributed by atoms with Crippen LogP contribution in [0.5, 0.6) is 0 Å². The van der Waals surface area contributed by atoms with E-state index < -0.39 is 17.7 Å². The Morgan fingerprint density at radius 2 is 1.81 bits per heavy atom. The van der Waals surface area contributed by atoms with Crippen LogP contribution in [0, 0.1) is 0 Å². The molecule has 2 heterocycles. The monoisotopic (exact) mass is 369 g/mol. The third kappa shape index (κ3) is 3.97. The number of hydrogen-bond acceptors (Lipinski definition) is 5. The van der Waals surface area contributed by atoms with Crippen molar-refractivity contribution in [3.05, 3.63) is 35.7 Å². The van der Waals surface area contributed by atoms with Crippen LogP contribution >= 0.6 is 0 Å². The number of likely N-dealkylation sites (tertiary alicyclic amines) is 1. The highest BCUT2D eigenvalue weighted by atomic mass is 19.4. The molecule has 26 heavy (non-hydrogen) atoms. The number of aromatic nitrogens is 2. The van der Waals surface area contributed by atoms with Gasteiger partial charge >= 0.3 is 18.2 Å². The maximum atomic E-state index is 12.5. The number of halogens is 3. The summed E-state index contributed by atoms with van der Waals surface area (Å²) in [5, 5.41) is 3.36. The molecule has 1 amide bonds. The molecule has 0 unspecified atom stereocenters. The van der Waals surface area contributed by atoms with Gasteiger partial charge in [-0.3, -0.25) is 0 Å². The van der Waals surface area contributed by atoms with Gasteiger partial charge in [-0.25, -0.2) is 4.79 Å². The molecule has 9 heteroatoms. The molecule has 1 aromatic heterocycles. The molecule has 0 aliphatic carbocycles. The van der Waals surface area contributed by atoms with Gasteiger partial charge in [-0.15, -0.1) is 0 Å². The van der Waals surface area contributed by atoms with E-state index in [1.165, 1.54) is 0 Å². The molecule has 6 nitrogen and oxygen atoms in total. The molecular formula is C17H18F3N3O3. The maximum absolute atomic E-state index is 12.5. The molecule has 2 aromatic rings. The van der Waals surface area contributed by atoms with Gasteiger partial charge in [-0.05, 0) is 26.3 Å². The lowest BCUT2D eigenvalue weighted by atomic mass is 9.91. The second kappa shape index (κ2) is 6.30.